The van der Waals surface area contributed by atoms with Crippen molar-refractivity contribution in [2.24, 2.45) is 23.5 Å². The van der Waals surface area contributed by atoms with Crippen molar-refractivity contribution in [2.75, 3.05) is 0 Å². The van der Waals surface area contributed by atoms with E-state index in [1.54, 1.807) is 0 Å². The molecule has 1 fully saturated rings. The molecule has 0 aliphatic heterocycles. The number of hydrogen-bond acceptors (Lipinski definition) is 1. The van der Waals surface area contributed by atoms with Crippen LogP contribution in [0.5, 0.6) is 0 Å². The molecular weight excluding hydrogens is 194 g/mol. The number of rotatable bonds is 4. The molecule has 1 saturated carbocycles. The van der Waals surface area contributed by atoms with E-state index in [0.29, 0.717) is 0 Å². The predicted molar refractivity (Wildman–Crippen MR) is 72.4 cm³/mol. The Balaban J connectivity index is 2.50. The Hall–Kier alpha value is -0.0400. The Bertz CT molecular complexity index is 200. The highest BCUT2D eigenvalue weighted by molar-refractivity contribution is 4.89. The Kier molecular flexibility index (Phi) is 5.30. The van der Waals surface area contributed by atoms with Gasteiger partial charge in [-0.05, 0) is 43.4 Å². The maximum Gasteiger partial charge on any atom is 0.0157 e. The highest BCUT2D eigenvalue weighted by Gasteiger charge is 2.31. The molecule has 1 heteroatoms. The van der Waals surface area contributed by atoms with Crippen LogP contribution in [0.3, 0.4) is 0 Å². The number of nitrogens with two attached hydrogens (primary N) is 1. The van der Waals surface area contributed by atoms with Crippen LogP contribution in [0.15, 0.2) is 0 Å². The third-order valence-electron chi connectivity index (χ3n) is 4.66. The minimum Gasteiger partial charge on any atom is -0.325 e. The monoisotopic (exact) mass is 225 g/mol. The molecule has 1 rings (SSSR count). The van der Waals surface area contributed by atoms with Crippen LogP contribution in [0.25, 0.3) is 0 Å². The van der Waals surface area contributed by atoms with Crippen LogP contribution in [0.1, 0.15) is 72.6 Å². The van der Waals surface area contributed by atoms with E-state index in [4.69, 9.17) is 5.73 Å². The van der Waals surface area contributed by atoms with Crippen LogP contribution >= 0.6 is 0 Å². The maximum atomic E-state index is 6.60. The van der Waals surface area contributed by atoms with Crippen LogP contribution in [-0.4, -0.2) is 5.54 Å². The maximum absolute atomic E-state index is 6.60. The first-order valence-corrected chi connectivity index (χ1v) is 7.25. The summed E-state index contributed by atoms with van der Waals surface area (Å²) in [5.74, 6) is 2.55. The normalized spacial score (nSPS) is 33.8. The van der Waals surface area contributed by atoms with E-state index in [0.717, 1.165) is 17.8 Å². The largest absolute Gasteiger partial charge is 0.325 e. The fourth-order valence-corrected chi connectivity index (χ4v) is 3.17. The number of hydrogen-bond donors (Lipinski definition) is 1. The summed E-state index contributed by atoms with van der Waals surface area (Å²) in [6.07, 6.45) is 9.10. The van der Waals surface area contributed by atoms with Crippen molar-refractivity contribution in [2.45, 2.75) is 78.2 Å². The molecule has 0 bridgehead atoms. The second-order valence-corrected chi connectivity index (χ2v) is 6.51. The molecule has 0 amide bonds. The second kappa shape index (κ2) is 6.05. The van der Waals surface area contributed by atoms with E-state index in [1.807, 2.05) is 0 Å². The molecule has 1 aliphatic rings. The summed E-state index contributed by atoms with van der Waals surface area (Å²) in [4.78, 5) is 0. The standard InChI is InChI=1S/C15H31N/c1-5-13(4)11-15(16)9-6-7-14(8-10-15)12(2)3/h12-14H,5-11,16H2,1-4H3. The molecule has 0 aromatic carbocycles. The van der Waals surface area contributed by atoms with Gasteiger partial charge in [-0.15, -0.1) is 0 Å². The summed E-state index contributed by atoms with van der Waals surface area (Å²) >= 11 is 0. The smallest absolute Gasteiger partial charge is 0.0157 e. The van der Waals surface area contributed by atoms with Crippen molar-refractivity contribution in [3.8, 4) is 0 Å². The average molecular weight is 225 g/mol. The molecule has 1 nitrogen and oxygen atoms in total. The van der Waals surface area contributed by atoms with E-state index in [2.05, 4.69) is 27.7 Å². The lowest BCUT2D eigenvalue weighted by atomic mass is 9.81. The van der Waals surface area contributed by atoms with Crippen LogP contribution in [0.2, 0.25) is 0 Å². The van der Waals surface area contributed by atoms with Crippen LogP contribution < -0.4 is 5.73 Å². The summed E-state index contributed by atoms with van der Waals surface area (Å²) in [5, 5.41) is 0. The molecule has 0 aromatic heterocycles. The molecule has 2 N–H and O–H groups in total. The van der Waals surface area contributed by atoms with Crippen molar-refractivity contribution < 1.29 is 0 Å². The van der Waals surface area contributed by atoms with Crippen molar-refractivity contribution in [1.82, 2.24) is 0 Å². The molecule has 0 spiro atoms. The molecule has 96 valence electrons. The van der Waals surface area contributed by atoms with Gasteiger partial charge in [0.1, 0.15) is 0 Å². The third-order valence-corrected chi connectivity index (χ3v) is 4.66. The zero-order valence-electron chi connectivity index (χ0n) is 11.8. The van der Waals surface area contributed by atoms with E-state index in [-0.39, 0.29) is 5.54 Å². The van der Waals surface area contributed by atoms with E-state index < -0.39 is 0 Å². The summed E-state index contributed by atoms with van der Waals surface area (Å²) < 4.78 is 0. The van der Waals surface area contributed by atoms with Crippen LogP contribution in [-0.2, 0) is 0 Å². The van der Waals surface area contributed by atoms with Crippen LogP contribution in [0, 0.1) is 17.8 Å². The van der Waals surface area contributed by atoms with Gasteiger partial charge in [0, 0.05) is 5.54 Å². The summed E-state index contributed by atoms with van der Waals surface area (Å²) in [5.41, 5.74) is 6.75. The fraction of sp³-hybridized carbons (Fsp3) is 1.00. The summed E-state index contributed by atoms with van der Waals surface area (Å²) in [7, 11) is 0. The van der Waals surface area contributed by atoms with Gasteiger partial charge in [-0.25, -0.2) is 0 Å². The van der Waals surface area contributed by atoms with Gasteiger partial charge in [0.2, 0.25) is 0 Å². The van der Waals surface area contributed by atoms with E-state index in [9.17, 15) is 0 Å². The Morgan fingerprint density at radius 1 is 1.19 bits per heavy atom. The topological polar surface area (TPSA) is 26.0 Å². The van der Waals surface area contributed by atoms with Gasteiger partial charge in [-0.3, -0.25) is 0 Å². The molecule has 16 heavy (non-hydrogen) atoms. The molecule has 1 aliphatic carbocycles. The van der Waals surface area contributed by atoms with Crippen molar-refractivity contribution in [3.63, 3.8) is 0 Å². The predicted octanol–water partition coefficient (Wildman–Crippen LogP) is 4.36. The molecule has 3 atom stereocenters. The lowest BCUT2D eigenvalue weighted by Crippen LogP contribution is -2.40. The van der Waals surface area contributed by atoms with E-state index in [1.165, 1.54) is 44.9 Å². The van der Waals surface area contributed by atoms with Gasteiger partial charge >= 0.3 is 0 Å². The fourth-order valence-electron chi connectivity index (χ4n) is 3.17. The highest BCUT2D eigenvalue weighted by Crippen LogP contribution is 2.36. The molecule has 0 saturated heterocycles. The average Bonchev–Trinajstić information content (AvgIpc) is 2.40. The lowest BCUT2D eigenvalue weighted by molar-refractivity contribution is 0.277. The molecule has 0 aromatic rings. The zero-order valence-corrected chi connectivity index (χ0v) is 11.8. The van der Waals surface area contributed by atoms with Gasteiger partial charge in [-0.2, -0.15) is 0 Å². The van der Waals surface area contributed by atoms with Gasteiger partial charge in [0.15, 0.2) is 0 Å². The van der Waals surface area contributed by atoms with Gasteiger partial charge in [-0.1, -0.05) is 47.0 Å². The summed E-state index contributed by atoms with van der Waals surface area (Å²) in [6, 6.07) is 0. The summed E-state index contributed by atoms with van der Waals surface area (Å²) in [6.45, 7) is 9.35. The van der Waals surface area contributed by atoms with E-state index >= 15 is 0 Å². The second-order valence-electron chi connectivity index (χ2n) is 6.51. The van der Waals surface area contributed by atoms with Crippen molar-refractivity contribution >= 4 is 0 Å². The minimum absolute atomic E-state index is 0.152. The quantitative estimate of drug-likeness (QED) is 0.707. The van der Waals surface area contributed by atoms with Gasteiger partial charge in [0.25, 0.3) is 0 Å². The zero-order chi connectivity index (χ0) is 12.2. The van der Waals surface area contributed by atoms with Gasteiger partial charge in [0.05, 0.1) is 0 Å². The SMILES string of the molecule is CCC(C)CC1(N)CCCC(C(C)C)CC1. The minimum atomic E-state index is 0.152. The molecule has 0 heterocycles. The first-order chi connectivity index (χ1) is 7.47. The molecule has 3 unspecified atom stereocenters. The molecular formula is C15H31N. The first-order valence-electron chi connectivity index (χ1n) is 7.25. The Morgan fingerprint density at radius 3 is 2.44 bits per heavy atom. The van der Waals surface area contributed by atoms with Crippen molar-refractivity contribution in [3.05, 3.63) is 0 Å². The highest BCUT2D eigenvalue weighted by atomic mass is 14.7. The Labute approximate surface area is 102 Å². The third kappa shape index (κ3) is 4.08. The van der Waals surface area contributed by atoms with Gasteiger partial charge < -0.3 is 5.73 Å². The molecule has 0 radical (unpaired) electrons. The lowest BCUT2D eigenvalue weighted by Gasteiger charge is -2.31. The van der Waals surface area contributed by atoms with Crippen molar-refractivity contribution in [1.29, 1.82) is 0 Å². The first kappa shape index (κ1) is 14.0. The Morgan fingerprint density at radius 2 is 1.88 bits per heavy atom. The van der Waals surface area contributed by atoms with Crippen LogP contribution in [0.4, 0.5) is 0 Å².